The Morgan fingerprint density at radius 1 is 1.14 bits per heavy atom. The summed E-state index contributed by atoms with van der Waals surface area (Å²) in [5, 5.41) is 15.0. The maximum Gasteiger partial charge on any atom is 0.269 e. The van der Waals surface area contributed by atoms with Crippen LogP contribution in [0.25, 0.3) is 11.0 Å². The Morgan fingerprint density at radius 3 is 2.41 bits per heavy atom. The molecule has 7 heteroatoms. The van der Waals surface area contributed by atoms with Crippen molar-refractivity contribution in [2.75, 3.05) is 0 Å². The highest BCUT2D eigenvalue weighted by atomic mass is 32.1. The van der Waals surface area contributed by atoms with Crippen molar-refractivity contribution in [3.05, 3.63) is 69.0 Å². The number of imidazole rings is 1. The number of nitro groups is 1. The number of benzene rings is 2. The second-order valence-electron chi connectivity index (χ2n) is 4.74. The molecule has 3 rings (SSSR count). The molecule has 0 aliphatic rings. The molecule has 0 N–H and O–H groups in total. The molecule has 0 bridgehead atoms. The molecule has 3 aromatic rings. The maximum atomic E-state index is 10.6. The van der Waals surface area contributed by atoms with Crippen LogP contribution in [0.1, 0.15) is 5.56 Å². The number of para-hydroxylation sites is 2. The number of aryl methyl sites for hydroxylation is 1. The van der Waals surface area contributed by atoms with Crippen molar-refractivity contribution in [2.45, 2.75) is 0 Å². The first-order valence-corrected chi connectivity index (χ1v) is 6.94. The van der Waals surface area contributed by atoms with Crippen molar-refractivity contribution >= 4 is 35.2 Å². The molecule has 0 fully saturated rings. The van der Waals surface area contributed by atoms with Crippen LogP contribution in [0.2, 0.25) is 0 Å². The molecule has 0 saturated carbocycles. The van der Waals surface area contributed by atoms with Gasteiger partial charge in [0.15, 0.2) is 0 Å². The van der Waals surface area contributed by atoms with E-state index in [0.717, 1.165) is 16.6 Å². The zero-order valence-electron chi connectivity index (χ0n) is 11.7. The van der Waals surface area contributed by atoms with Crippen molar-refractivity contribution < 1.29 is 4.92 Å². The molecule has 0 unspecified atom stereocenters. The Morgan fingerprint density at radius 2 is 1.77 bits per heavy atom. The zero-order chi connectivity index (χ0) is 15.7. The van der Waals surface area contributed by atoms with Gasteiger partial charge in [-0.05, 0) is 42.0 Å². The van der Waals surface area contributed by atoms with Gasteiger partial charge < -0.3 is 4.57 Å². The lowest BCUT2D eigenvalue weighted by molar-refractivity contribution is -0.384. The van der Waals surface area contributed by atoms with E-state index in [1.165, 1.54) is 12.1 Å². The maximum absolute atomic E-state index is 10.6. The van der Waals surface area contributed by atoms with Gasteiger partial charge in [0, 0.05) is 19.2 Å². The molecule has 0 aliphatic heterocycles. The minimum atomic E-state index is -0.429. The highest BCUT2D eigenvalue weighted by Crippen LogP contribution is 2.16. The van der Waals surface area contributed by atoms with E-state index >= 15 is 0 Å². The summed E-state index contributed by atoms with van der Waals surface area (Å²) in [6.07, 6.45) is 1.63. The van der Waals surface area contributed by atoms with Gasteiger partial charge in [0.25, 0.3) is 5.69 Å². The Hall–Kier alpha value is -2.80. The van der Waals surface area contributed by atoms with Gasteiger partial charge in [-0.15, -0.1) is 0 Å². The number of nitro benzene ring substituents is 1. The van der Waals surface area contributed by atoms with E-state index in [-0.39, 0.29) is 5.69 Å². The number of hydrogen-bond acceptors (Lipinski definition) is 4. The van der Waals surface area contributed by atoms with Crippen LogP contribution >= 0.6 is 12.2 Å². The van der Waals surface area contributed by atoms with E-state index < -0.39 is 4.92 Å². The standard InChI is InChI=1S/C15H12N4O2S/c1-17-13-4-2-3-5-14(13)18(15(17)22)16-10-11-6-8-12(9-7-11)19(20)21/h2-10H,1H3/b16-10+. The molecule has 1 heterocycles. The number of fused-ring (bicyclic) bond motifs is 1. The van der Waals surface area contributed by atoms with Gasteiger partial charge in [0.05, 0.1) is 22.2 Å². The van der Waals surface area contributed by atoms with E-state index in [1.54, 1.807) is 23.0 Å². The molecule has 2 aromatic carbocycles. The van der Waals surface area contributed by atoms with Gasteiger partial charge in [-0.1, -0.05) is 12.1 Å². The predicted molar refractivity (Wildman–Crippen MR) is 87.8 cm³/mol. The SMILES string of the molecule is Cn1c(=S)n(/N=C/c2ccc([N+](=O)[O-])cc2)c2ccccc21. The van der Waals surface area contributed by atoms with Gasteiger partial charge in [-0.3, -0.25) is 10.1 Å². The number of non-ortho nitro benzene ring substituents is 1. The molecule has 110 valence electrons. The van der Waals surface area contributed by atoms with Crippen molar-refractivity contribution in [1.29, 1.82) is 0 Å². The zero-order valence-corrected chi connectivity index (χ0v) is 12.5. The van der Waals surface area contributed by atoms with Crippen molar-refractivity contribution in [3.63, 3.8) is 0 Å². The van der Waals surface area contributed by atoms with Crippen molar-refractivity contribution in [1.82, 2.24) is 9.24 Å². The Balaban J connectivity index is 2.01. The molecular formula is C15H12N4O2S. The van der Waals surface area contributed by atoms with Gasteiger partial charge in [0.2, 0.25) is 4.77 Å². The average molecular weight is 312 g/mol. The minimum Gasteiger partial charge on any atom is -0.318 e. The van der Waals surface area contributed by atoms with Crippen LogP contribution in [0.5, 0.6) is 0 Å². The van der Waals surface area contributed by atoms with Crippen LogP contribution in [-0.2, 0) is 7.05 Å². The third kappa shape index (κ3) is 2.42. The van der Waals surface area contributed by atoms with E-state index in [0.29, 0.717) is 4.77 Å². The lowest BCUT2D eigenvalue weighted by Crippen LogP contribution is -1.93. The number of nitrogens with zero attached hydrogens (tertiary/aromatic N) is 4. The molecule has 0 atom stereocenters. The molecular weight excluding hydrogens is 300 g/mol. The molecule has 0 amide bonds. The topological polar surface area (TPSA) is 65.4 Å². The Kier molecular flexibility index (Phi) is 3.56. The first-order valence-electron chi connectivity index (χ1n) is 6.53. The number of hydrogen-bond donors (Lipinski definition) is 0. The first kappa shape index (κ1) is 14.2. The summed E-state index contributed by atoms with van der Waals surface area (Å²) >= 11 is 5.39. The second kappa shape index (κ2) is 5.53. The summed E-state index contributed by atoms with van der Waals surface area (Å²) in [5.74, 6) is 0. The third-order valence-electron chi connectivity index (χ3n) is 3.37. The quantitative estimate of drug-likeness (QED) is 0.322. The summed E-state index contributed by atoms with van der Waals surface area (Å²) < 4.78 is 4.14. The summed E-state index contributed by atoms with van der Waals surface area (Å²) in [5.41, 5.74) is 2.72. The fourth-order valence-electron chi connectivity index (χ4n) is 2.19. The molecule has 0 spiro atoms. The average Bonchev–Trinajstić information content (AvgIpc) is 2.78. The summed E-state index contributed by atoms with van der Waals surface area (Å²) in [6, 6.07) is 14.0. The third-order valence-corrected chi connectivity index (χ3v) is 3.81. The van der Waals surface area contributed by atoms with Crippen LogP contribution in [0.3, 0.4) is 0 Å². The molecule has 0 radical (unpaired) electrons. The first-order chi connectivity index (χ1) is 10.6. The van der Waals surface area contributed by atoms with Crippen LogP contribution in [0.4, 0.5) is 5.69 Å². The van der Waals surface area contributed by atoms with Gasteiger partial charge >= 0.3 is 0 Å². The van der Waals surface area contributed by atoms with Gasteiger partial charge in [-0.25, -0.2) is 4.68 Å². The van der Waals surface area contributed by atoms with E-state index in [4.69, 9.17) is 12.2 Å². The Bertz CT molecular complexity index is 938. The number of rotatable bonds is 3. The molecule has 0 saturated heterocycles. The monoisotopic (exact) mass is 312 g/mol. The normalized spacial score (nSPS) is 11.3. The smallest absolute Gasteiger partial charge is 0.269 e. The molecule has 6 nitrogen and oxygen atoms in total. The van der Waals surface area contributed by atoms with Gasteiger partial charge in [0.1, 0.15) is 0 Å². The fraction of sp³-hybridized carbons (Fsp3) is 0.0667. The fourth-order valence-corrected chi connectivity index (χ4v) is 2.44. The van der Waals surface area contributed by atoms with Crippen LogP contribution in [0.15, 0.2) is 53.6 Å². The van der Waals surface area contributed by atoms with Crippen molar-refractivity contribution in [3.8, 4) is 0 Å². The van der Waals surface area contributed by atoms with Crippen LogP contribution in [-0.4, -0.2) is 20.4 Å². The van der Waals surface area contributed by atoms with E-state index in [1.807, 2.05) is 35.9 Å². The van der Waals surface area contributed by atoms with Crippen LogP contribution < -0.4 is 0 Å². The second-order valence-corrected chi connectivity index (χ2v) is 5.10. The minimum absolute atomic E-state index is 0.0546. The van der Waals surface area contributed by atoms with E-state index in [9.17, 15) is 10.1 Å². The van der Waals surface area contributed by atoms with E-state index in [2.05, 4.69) is 5.10 Å². The lowest BCUT2D eigenvalue weighted by atomic mass is 10.2. The predicted octanol–water partition coefficient (Wildman–Crippen LogP) is 3.50. The highest BCUT2D eigenvalue weighted by Gasteiger charge is 2.06. The van der Waals surface area contributed by atoms with Crippen LogP contribution in [0, 0.1) is 14.9 Å². The van der Waals surface area contributed by atoms with Crippen molar-refractivity contribution in [2.24, 2.45) is 12.1 Å². The largest absolute Gasteiger partial charge is 0.318 e. The lowest BCUT2D eigenvalue weighted by Gasteiger charge is -1.96. The highest BCUT2D eigenvalue weighted by molar-refractivity contribution is 7.71. The molecule has 22 heavy (non-hydrogen) atoms. The molecule has 0 aliphatic carbocycles. The summed E-state index contributed by atoms with van der Waals surface area (Å²) in [7, 11) is 1.89. The summed E-state index contributed by atoms with van der Waals surface area (Å²) in [4.78, 5) is 10.2. The van der Waals surface area contributed by atoms with Gasteiger partial charge in [-0.2, -0.15) is 5.10 Å². The molecule has 1 aromatic heterocycles. The number of aromatic nitrogens is 2. The Labute approximate surface area is 131 Å². The summed E-state index contributed by atoms with van der Waals surface area (Å²) in [6.45, 7) is 0.